The van der Waals surface area contributed by atoms with Gasteiger partial charge in [0.25, 0.3) is 41.4 Å². The van der Waals surface area contributed by atoms with E-state index in [-0.39, 0.29) is 85.5 Å². The first-order chi connectivity index (χ1) is 72.2. The highest BCUT2D eigenvalue weighted by Gasteiger charge is 2.38. The highest BCUT2D eigenvalue weighted by atomic mass is 79.9. The van der Waals surface area contributed by atoms with Crippen LogP contribution in [-0.2, 0) is 61.3 Å². The number of nitrogens with one attached hydrogen (secondary N) is 3. The van der Waals surface area contributed by atoms with E-state index in [1.165, 1.54) is 6.07 Å². The number of unbranched alkanes of at least 4 members (excludes halogenated alkanes) is 6. The van der Waals surface area contributed by atoms with E-state index in [1.54, 1.807) is 144 Å². The first-order valence-corrected chi connectivity index (χ1v) is 53.0. The molecule has 29 heteroatoms. The smallest absolute Gasteiger partial charge is 0.274 e. The number of aliphatic hydroxyl groups is 3. The first kappa shape index (κ1) is 110. The number of halogens is 2. The lowest BCUT2D eigenvalue weighted by Crippen LogP contribution is -2.46. The largest absolute Gasteiger partial charge is 0.394 e. The monoisotopic (exact) mass is 2080 g/mol. The van der Waals surface area contributed by atoms with Crippen LogP contribution in [0.25, 0.3) is 28.2 Å². The van der Waals surface area contributed by atoms with Crippen molar-refractivity contribution >= 4 is 86.2 Å². The Hall–Kier alpha value is -14.7. The molecule has 13 aromatic rings. The molecule has 27 nitrogen and oxygen atoms in total. The average molecular weight is 2080 g/mol. The number of fused-ring (bicyclic) bond motifs is 3. The Morgan fingerprint density at radius 2 is 0.711 bits per heavy atom. The lowest BCUT2D eigenvalue weighted by Gasteiger charge is -2.36. The number of nitrogens with zero attached hydrogens (tertiary/aromatic N) is 12. The minimum absolute atomic E-state index is 0.125. The van der Waals surface area contributed by atoms with Crippen LogP contribution in [-0.4, -0.2) is 204 Å². The Morgan fingerprint density at radius 3 is 1.07 bits per heavy atom. The van der Waals surface area contributed by atoms with E-state index in [1.807, 2.05) is 164 Å². The first-order valence-electron chi connectivity index (χ1n) is 52.2. The van der Waals surface area contributed by atoms with Crippen LogP contribution in [0.2, 0.25) is 0 Å². The van der Waals surface area contributed by atoms with Crippen molar-refractivity contribution in [1.29, 1.82) is 0 Å². The Bertz CT molecular complexity index is 6910. The van der Waals surface area contributed by atoms with Gasteiger partial charge in [0, 0.05) is 109 Å². The number of benzene rings is 10. The quantitative estimate of drug-likeness (QED) is 0.0209. The molecule has 3 atom stereocenters. The summed E-state index contributed by atoms with van der Waals surface area (Å²) in [6, 6.07) is 71.6. The van der Waals surface area contributed by atoms with Crippen molar-refractivity contribution in [3.05, 3.63) is 359 Å². The number of anilines is 3. The lowest BCUT2D eigenvalue weighted by atomic mass is 9.93. The fraction of sp³-hybridized carbons (Fsp3) is 0.350. The van der Waals surface area contributed by atoms with E-state index >= 15 is 0 Å². The summed E-state index contributed by atoms with van der Waals surface area (Å²) >= 11 is 3.46. The number of carbonyl (C=O) groups is 9. The average Bonchev–Trinajstić information content (AvgIpc) is 1.75. The molecule has 0 radical (unpaired) electrons. The van der Waals surface area contributed by atoms with Gasteiger partial charge >= 0.3 is 0 Å². The predicted molar refractivity (Wildman–Crippen MR) is 585 cm³/mol. The minimum atomic E-state index is -0.467. The predicted octanol–water partition coefficient (Wildman–Crippen LogP) is 20.8. The second-order valence-corrected chi connectivity index (χ2v) is 39.6. The molecular formula is C120H137BrFN15O12. The molecular weight excluding hydrogens is 1940 g/mol. The topological polar surface area (TPSA) is 323 Å². The number of hydrogen-bond donors (Lipinski definition) is 6. The molecule has 9 amide bonds. The van der Waals surface area contributed by atoms with E-state index in [0.29, 0.717) is 174 Å². The van der Waals surface area contributed by atoms with Crippen LogP contribution in [0.3, 0.4) is 0 Å². The van der Waals surface area contributed by atoms with E-state index in [4.69, 9.17) is 15.3 Å². The van der Waals surface area contributed by atoms with Gasteiger partial charge < -0.3 is 60.7 Å². The molecule has 16 rings (SSSR count). The zero-order chi connectivity index (χ0) is 106. The summed E-state index contributed by atoms with van der Waals surface area (Å²) in [5.41, 5.74) is 17.0. The standard InChI is InChI=1S/C43H46FN5O4.C39H47N5O4.C38H44BrN5O4/c1-4-6-21-47(22-7-5-2)43(53)39-23-29(3)49(46-39)40-20-19-34(45-41(51)32-16-12-15-31(24-32)36-17-10-11-18-38(36)44)26-37(40)42(52)48-27-33-14-9-8-13-30(33)25-35(48)28-50;1-5-7-19-42(20-8-6-2)39(48)35-21-28(4)44(41-35)36-18-17-32(40-37(46)23-29-14-10-9-13-27(29)3)24-34(36)38(47)43-25-31-16-12-11-15-30(31)22-33(43)26-45;1-4-6-17-42(18-7-5-2)38(48)34-19-26(3)44(41-34)35-16-15-31(40-36(46)21-27-11-10-14-30(39)20-27)23-33(35)37(47)43-24-29-13-9-8-12-28(29)22-32(43)25-45/h8-20,23-24,26,35,50H,4-7,21-22,25,27-28H2,1-3H3,(H,45,51);9-18,21,24,33,45H,5-8,19-20,22-23,25-26H2,1-4H3,(H,40,46);8-16,19-20,23,32,45H,4-7,17-18,21-22,24-25H2,1-3H3,(H,40,46)/t35-;33-;32-/m000/s1. The fourth-order valence-corrected chi connectivity index (χ4v) is 19.7. The Balaban J connectivity index is 0.000000176. The van der Waals surface area contributed by atoms with Crippen LogP contribution in [0.5, 0.6) is 0 Å². The van der Waals surface area contributed by atoms with Gasteiger partial charge in [-0.2, -0.15) is 15.3 Å². The number of carbonyl (C=O) groups excluding carboxylic acids is 9. The van der Waals surface area contributed by atoms with Crippen molar-refractivity contribution in [2.45, 2.75) is 216 Å². The highest BCUT2D eigenvalue weighted by molar-refractivity contribution is 9.10. The van der Waals surface area contributed by atoms with Crippen molar-refractivity contribution in [3.63, 3.8) is 0 Å². The Labute approximate surface area is 881 Å². The summed E-state index contributed by atoms with van der Waals surface area (Å²) in [6.07, 6.45) is 13.2. The molecule has 149 heavy (non-hydrogen) atoms. The summed E-state index contributed by atoms with van der Waals surface area (Å²) in [6.45, 7) is 24.5. The SMILES string of the molecule is CCCCN(CCCC)C(=O)c1cc(C)n(-c2ccc(NC(=O)Cc3cccc(Br)c3)cc2C(=O)N2Cc3ccccc3C[C@H]2CO)n1.CCCCN(CCCC)C(=O)c1cc(C)n(-c2ccc(NC(=O)Cc3ccccc3C)cc2C(=O)N2Cc3ccccc3C[C@H]2CO)n1.CCCCN(CCCC)C(=O)c1cc(C)n(-c2ccc(NC(=O)c3cccc(-c4ccccc4F)c3)cc2C(=O)N2Cc3ccccc3C[C@H]2CO)n1. The van der Waals surface area contributed by atoms with Gasteiger partial charge in [0.15, 0.2) is 17.1 Å². The van der Waals surface area contributed by atoms with E-state index < -0.39 is 29.8 Å². The molecule has 0 fully saturated rings. The van der Waals surface area contributed by atoms with Gasteiger partial charge in [0.05, 0.1) is 84.5 Å². The van der Waals surface area contributed by atoms with Crippen LogP contribution < -0.4 is 16.0 Å². The molecule has 0 saturated carbocycles. The maximum Gasteiger partial charge on any atom is 0.274 e. The molecule has 3 aliphatic rings. The molecule has 0 aliphatic carbocycles. The van der Waals surface area contributed by atoms with Crippen molar-refractivity contribution in [2.24, 2.45) is 0 Å². The number of hydrogen-bond acceptors (Lipinski definition) is 15. The summed E-state index contributed by atoms with van der Waals surface area (Å²) in [5, 5.41) is 54.3. The molecule has 778 valence electrons. The van der Waals surface area contributed by atoms with E-state index in [0.717, 1.165) is 132 Å². The number of amides is 9. The van der Waals surface area contributed by atoms with Crippen molar-refractivity contribution < 1.29 is 62.9 Å². The maximum absolute atomic E-state index is 14.7. The Morgan fingerprint density at radius 1 is 0.369 bits per heavy atom. The molecule has 3 aliphatic heterocycles. The number of aromatic nitrogens is 6. The minimum Gasteiger partial charge on any atom is -0.394 e. The summed E-state index contributed by atoms with van der Waals surface area (Å²) in [7, 11) is 0. The van der Waals surface area contributed by atoms with Crippen LogP contribution in [0.15, 0.2) is 247 Å². The van der Waals surface area contributed by atoms with Crippen LogP contribution in [0.1, 0.15) is 259 Å². The van der Waals surface area contributed by atoms with Gasteiger partial charge in [-0.05, 0) is 244 Å². The second-order valence-electron chi connectivity index (χ2n) is 38.7. The van der Waals surface area contributed by atoms with Crippen molar-refractivity contribution in [2.75, 3.05) is 75.0 Å². The van der Waals surface area contributed by atoms with E-state index in [9.17, 15) is 62.9 Å². The number of rotatable bonds is 39. The number of aryl methyl sites for hydroxylation is 4. The van der Waals surface area contributed by atoms with Crippen molar-refractivity contribution in [3.8, 4) is 28.2 Å². The zero-order valence-corrected chi connectivity index (χ0v) is 88.6. The third-order valence-electron chi connectivity index (χ3n) is 27.7. The molecule has 0 unspecified atom stereocenters. The van der Waals surface area contributed by atoms with Crippen molar-refractivity contribution in [1.82, 2.24) is 58.7 Å². The zero-order valence-electron chi connectivity index (χ0n) is 87.0. The molecule has 0 saturated heterocycles. The summed E-state index contributed by atoms with van der Waals surface area (Å²) < 4.78 is 20.3. The molecule has 6 N–H and O–H groups in total. The third-order valence-corrected chi connectivity index (χ3v) is 28.2. The van der Waals surface area contributed by atoms with Crippen LogP contribution in [0.4, 0.5) is 21.5 Å². The van der Waals surface area contributed by atoms with Gasteiger partial charge in [-0.3, -0.25) is 43.2 Å². The molecule has 0 bridgehead atoms. The van der Waals surface area contributed by atoms with Gasteiger partial charge in [-0.15, -0.1) is 0 Å². The fourth-order valence-electron chi connectivity index (χ4n) is 19.3. The molecule has 3 aromatic heterocycles. The van der Waals surface area contributed by atoms with E-state index in [2.05, 4.69) is 73.4 Å². The van der Waals surface area contributed by atoms with Crippen LogP contribution in [0, 0.1) is 33.5 Å². The lowest BCUT2D eigenvalue weighted by molar-refractivity contribution is -0.116. The normalized spacial score (nSPS) is 13.9. The molecule has 10 aromatic carbocycles. The molecule has 0 spiro atoms. The highest BCUT2D eigenvalue weighted by Crippen LogP contribution is 2.36. The van der Waals surface area contributed by atoms with Gasteiger partial charge in [-0.25, -0.2) is 18.4 Å². The third kappa shape index (κ3) is 27.5. The summed E-state index contributed by atoms with van der Waals surface area (Å²) in [4.78, 5) is 135. The van der Waals surface area contributed by atoms with Crippen LogP contribution >= 0.6 is 15.9 Å². The van der Waals surface area contributed by atoms with Gasteiger partial charge in [-0.1, -0.05) is 236 Å². The second kappa shape index (κ2) is 52.8. The number of aliphatic hydroxyl groups excluding tert-OH is 3. The van der Waals surface area contributed by atoms with Gasteiger partial charge in [0.1, 0.15) is 5.82 Å². The molecule has 6 heterocycles. The Kier molecular flexibility index (Phi) is 39.0. The maximum atomic E-state index is 14.7. The van der Waals surface area contributed by atoms with Gasteiger partial charge in [0.2, 0.25) is 11.8 Å². The summed E-state index contributed by atoms with van der Waals surface area (Å²) in [5.74, 6) is -2.58.